The Kier molecular flexibility index (Phi) is 5.65. The molecule has 0 aliphatic heterocycles. The Labute approximate surface area is 95.5 Å². The van der Waals surface area contributed by atoms with Gasteiger partial charge in [-0.3, -0.25) is 11.3 Å². The molecule has 0 heterocycles. The highest BCUT2D eigenvalue weighted by molar-refractivity contribution is 6.31. The number of nitrogens with one attached hydrogen (secondary N) is 1. The first-order valence-corrected chi connectivity index (χ1v) is 5.34. The summed E-state index contributed by atoms with van der Waals surface area (Å²) in [6.45, 7) is 0.694. The molecule has 0 saturated heterocycles. The van der Waals surface area contributed by atoms with Crippen molar-refractivity contribution in [3.8, 4) is 0 Å². The second kappa shape index (κ2) is 6.80. The van der Waals surface area contributed by atoms with E-state index in [2.05, 4.69) is 5.43 Å². The van der Waals surface area contributed by atoms with Crippen LogP contribution in [-0.4, -0.2) is 19.8 Å². The Morgan fingerprint density at radius 2 is 2.20 bits per heavy atom. The summed E-state index contributed by atoms with van der Waals surface area (Å²) >= 11 is 6.06. The Morgan fingerprint density at radius 3 is 2.80 bits per heavy atom. The average Bonchev–Trinajstić information content (AvgIpc) is 2.26. The number of methoxy groups -OCH3 is 1. The van der Waals surface area contributed by atoms with Gasteiger partial charge >= 0.3 is 0 Å². The van der Waals surface area contributed by atoms with E-state index in [1.54, 1.807) is 7.11 Å². The van der Waals surface area contributed by atoms with Gasteiger partial charge in [0.15, 0.2) is 0 Å². The first-order valence-electron chi connectivity index (χ1n) is 4.96. The predicted molar refractivity (Wildman–Crippen MR) is 62.8 cm³/mol. The highest BCUT2D eigenvalue weighted by Crippen LogP contribution is 2.17. The van der Waals surface area contributed by atoms with Crippen LogP contribution in [0, 0.1) is 0 Å². The fourth-order valence-electron chi connectivity index (χ4n) is 1.43. The number of hydrazine groups is 1. The van der Waals surface area contributed by atoms with Crippen molar-refractivity contribution in [2.45, 2.75) is 18.9 Å². The lowest BCUT2D eigenvalue weighted by Crippen LogP contribution is -2.37. The van der Waals surface area contributed by atoms with Crippen molar-refractivity contribution in [3.05, 3.63) is 34.9 Å². The van der Waals surface area contributed by atoms with Gasteiger partial charge in [0.25, 0.3) is 0 Å². The molecule has 3 nitrogen and oxygen atoms in total. The van der Waals surface area contributed by atoms with Gasteiger partial charge in [-0.1, -0.05) is 29.8 Å². The van der Waals surface area contributed by atoms with E-state index in [-0.39, 0.29) is 6.04 Å². The number of benzene rings is 1. The lowest BCUT2D eigenvalue weighted by molar-refractivity contribution is 0.182. The summed E-state index contributed by atoms with van der Waals surface area (Å²) in [5.74, 6) is 5.46. The van der Waals surface area contributed by atoms with E-state index < -0.39 is 0 Å². The van der Waals surface area contributed by atoms with Gasteiger partial charge in [0.1, 0.15) is 0 Å². The molecule has 1 aromatic rings. The summed E-state index contributed by atoms with van der Waals surface area (Å²) in [6.07, 6.45) is 1.69. The maximum Gasteiger partial charge on any atom is 0.0477 e. The third kappa shape index (κ3) is 4.18. The van der Waals surface area contributed by atoms with E-state index in [0.29, 0.717) is 6.61 Å². The maximum absolute atomic E-state index is 6.06. The molecule has 4 heteroatoms. The van der Waals surface area contributed by atoms with Crippen LogP contribution >= 0.6 is 11.6 Å². The van der Waals surface area contributed by atoms with Gasteiger partial charge in [-0.2, -0.15) is 0 Å². The van der Waals surface area contributed by atoms with Crippen molar-refractivity contribution in [1.29, 1.82) is 0 Å². The molecule has 0 aliphatic rings. The predicted octanol–water partition coefficient (Wildman–Crippen LogP) is 1.75. The summed E-state index contributed by atoms with van der Waals surface area (Å²) in [6, 6.07) is 8.00. The normalized spacial score (nSPS) is 12.7. The van der Waals surface area contributed by atoms with Gasteiger partial charge in [-0.15, -0.1) is 0 Å². The van der Waals surface area contributed by atoms with Crippen LogP contribution in [-0.2, 0) is 11.2 Å². The van der Waals surface area contributed by atoms with Crippen molar-refractivity contribution in [3.63, 3.8) is 0 Å². The lowest BCUT2D eigenvalue weighted by Gasteiger charge is -2.15. The Morgan fingerprint density at radius 1 is 1.47 bits per heavy atom. The first-order chi connectivity index (χ1) is 7.27. The van der Waals surface area contributed by atoms with Crippen LogP contribution in [0.25, 0.3) is 0 Å². The van der Waals surface area contributed by atoms with E-state index in [0.717, 1.165) is 23.4 Å². The third-order valence-corrected chi connectivity index (χ3v) is 2.70. The number of hydrogen-bond donors (Lipinski definition) is 2. The summed E-state index contributed by atoms with van der Waals surface area (Å²) in [4.78, 5) is 0. The van der Waals surface area contributed by atoms with Crippen LogP contribution in [0.4, 0.5) is 0 Å². The molecule has 0 fully saturated rings. The van der Waals surface area contributed by atoms with E-state index in [9.17, 15) is 0 Å². The van der Waals surface area contributed by atoms with Gasteiger partial charge < -0.3 is 4.74 Å². The highest BCUT2D eigenvalue weighted by Gasteiger charge is 2.09. The topological polar surface area (TPSA) is 47.3 Å². The third-order valence-electron chi connectivity index (χ3n) is 2.33. The zero-order valence-electron chi connectivity index (χ0n) is 8.87. The largest absolute Gasteiger partial charge is 0.385 e. The molecule has 15 heavy (non-hydrogen) atoms. The number of hydrogen-bond acceptors (Lipinski definition) is 3. The fraction of sp³-hybridized carbons (Fsp3) is 0.455. The van der Waals surface area contributed by atoms with E-state index >= 15 is 0 Å². The molecular weight excluding hydrogens is 212 g/mol. The van der Waals surface area contributed by atoms with Crippen molar-refractivity contribution >= 4 is 11.6 Å². The van der Waals surface area contributed by atoms with Crippen LogP contribution in [0.15, 0.2) is 24.3 Å². The first kappa shape index (κ1) is 12.5. The minimum atomic E-state index is 0.199. The van der Waals surface area contributed by atoms with Crippen LogP contribution in [0.5, 0.6) is 0 Å². The summed E-state index contributed by atoms with van der Waals surface area (Å²) in [5.41, 5.74) is 3.88. The molecule has 1 rings (SSSR count). The smallest absolute Gasteiger partial charge is 0.0477 e. The lowest BCUT2D eigenvalue weighted by atomic mass is 10.0. The van der Waals surface area contributed by atoms with Crippen LogP contribution in [0.2, 0.25) is 5.02 Å². The van der Waals surface area contributed by atoms with Gasteiger partial charge in [0.2, 0.25) is 0 Å². The van der Waals surface area contributed by atoms with Crippen LogP contribution in [0.1, 0.15) is 12.0 Å². The fourth-order valence-corrected chi connectivity index (χ4v) is 1.65. The molecule has 0 radical (unpaired) electrons. The summed E-state index contributed by atoms with van der Waals surface area (Å²) in [5, 5.41) is 0.787. The van der Waals surface area contributed by atoms with Crippen LogP contribution < -0.4 is 11.3 Å². The van der Waals surface area contributed by atoms with Gasteiger partial charge in [-0.25, -0.2) is 0 Å². The van der Waals surface area contributed by atoms with Crippen molar-refractivity contribution in [2.24, 2.45) is 5.84 Å². The molecule has 1 aromatic carbocycles. The van der Waals surface area contributed by atoms with Crippen molar-refractivity contribution < 1.29 is 4.74 Å². The molecule has 1 atom stereocenters. The summed E-state index contributed by atoms with van der Waals surface area (Å²) in [7, 11) is 1.68. The monoisotopic (exact) mass is 228 g/mol. The SMILES string of the molecule is COCCC(Cc1ccccc1Cl)NN. The molecule has 3 N–H and O–H groups in total. The Bertz CT molecular complexity index is 294. The molecule has 0 spiro atoms. The minimum absolute atomic E-state index is 0.199. The Balaban J connectivity index is 2.54. The van der Waals surface area contributed by atoms with Crippen LogP contribution in [0.3, 0.4) is 0 Å². The molecule has 0 bridgehead atoms. The van der Waals surface area contributed by atoms with Gasteiger partial charge in [-0.05, 0) is 24.5 Å². The zero-order chi connectivity index (χ0) is 11.1. The van der Waals surface area contributed by atoms with E-state index in [1.165, 1.54) is 0 Å². The molecule has 0 amide bonds. The second-order valence-electron chi connectivity index (χ2n) is 3.44. The number of nitrogens with two attached hydrogens (primary N) is 1. The number of rotatable bonds is 6. The van der Waals surface area contributed by atoms with E-state index in [1.807, 2.05) is 24.3 Å². The molecule has 0 aliphatic carbocycles. The Hall–Kier alpha value is -0.610. The summed E-state index contributed by atoms with van der Waals surface area (Å²) < 4.78 is 5.01. The highest BCUT2D eigenvalue weighted by atomic mass is 35.5. The number of ether oxygens (including phenoxy) is 1. The van der Waals surface area contributed by atoms with Gasteiger partial charge in [0.05, 0.1) is 0 Å². The van der Waals surface area contributed by atoms with E-state index in [4.69, 9.17) is 22.2 Å². The molecular formula is C11H17ClN2O. The zero-order valence-corrected chi connectivity index (χ0v) is 9.63. The van der Waals surface area contributed by atoms with Crippen molar-refractivity contribution in [2.75, 3.05) is 13.7 Å². The maximum atomic E-state index is 6.06. The quantitative estimate of drug-likeness (QED) is 0.576. The molecule has 0 saturated carbocycles. The van der Waals surface area contributed by atoms with Crippen molar-refractivity contribution in [1.82, 2.24) is 5.43 Å². The second-order valence-corrected chi connectivity index (χ2v) is 3.85. The standard InChI is InChI=1S/C11H17ClN2O/c1-15-7-6-10(14-13)8-9-4-2-3-5-11(9)12/h2-5,10,14H,6-8,13H2,1H3. The van der Waals surface area contributed by atoms with Gasteiger partial charge in [0, 0.05) is 24.8 Å². The molecule has 84 valence electrons. The minimum Gasteiger partial charge on any atom is -0.385 e. The molecule has 1 unspecified atom stereocenters. The average molecular weight is 229 g/mol. The number of halogens is 1. The molecule has 0 aromatic heterocycles.